The van der Waals surface area contributed by atoms with E-state index in [9.17, 15) is 19.8 Å². The Morgan fingerprint density at radius 2 is 1.36 bits per heavy atom. The van der Waals surface area contributed by atoms with Crippen LogP contribution in [0.4, 0.5) is 0 Å². The van der Waals surface area contributed by atoms with E-state index >= 15 is 0 Å². The highest BCUT2D eigenvalue weighted by Crippen LogP contribution is 2.66. The topological polar surface area (TPSA) is 86.6 Å². The van der Waals surface area contributed by atoms with Crippen molar-refractivity contribution in [3.8, 4) is 0 Å². The summed E-state index contributed by atoms with van der Waals surface area (Å²) in [7, 11) is 0. The van der Waals surface area contributed by atoms with Crippen molar-refractivity contribution < 1.29 is 19.8 Å². The number of ketones is 1. The Hall–Kier alpha value is -1.72. The van der Waals surface area contributed by atoms with Crippen molar-refractivity contribution in [1.82, 2.24) is 5.32 Å². The molecule has 0 heterocycles. The number of rotatable bonds is 7. The van der Waals surface area contributed by atoms with Crippen molar-refractivity contribution in [1.29, 1.82) is 0 Å². The molecule has 0 aliphatic heterocycles. The van der Waals surface area contributed by atoms with Crippen LogP contribution in [0.5, 0.6) is 0 Å². The number of carbonyl (C=O) groups excluding carboxylic acids is 2. The van der Waals surface area contributed by atoms with E-state index in [2.05, 4.69) is 5.32 Å². The zero-order chi connectivity index (χ0) is 24.8. The fourth-order valence-corrected chi connectivity index (χ4v) is 11.4. The number of hydrogen-bond acceptors (Lipinski definition) is 4. The first-order chi connectivity index (χ1) is 17.1. The van der Waals surface area contributed by atoms with Gasteiger partial charge in [-0.05, 0) is 117 Å². The third-order valence-corrected chi connectivity index (χ3v) is 11.3. The summed E-state index contributed by atoms with van der Waals surface area (Å²) in [6, 6.07) is 9.90. The molecule has 8 saturated carbocycles. The molecule has 1 aromatic carbocycles. The predicted octanol–water partition coefficient (Wildman–Crippen LogP) is 4.54. The van der Waals surface area contributed by atoms with Crippen molar-refractivity contribution >= 4 is 11.7 Å². The fourth-order valence-electron chi connectivity index (χ4n) is 11.4. The SMILES string of the molecule is O=C(CC12CC3CC(CC(O)(C3)C1)C2)C(C(=O)NCc1ccccc1)C12CC3CC(CC(O)(C3)C1)C2. The van der Waals surface area contributed by atoms with Gasteiger partial charge in [0.1, 0.15) is 11.7 Å². The second-order valence-corrected chi connectivity index (χ2v) is 14.5. The maximum atomic E-state index is 14.4. The van der Waals surface area contributed by atoms with Crippen LogP contribution in [0.25, 0.3) is 0 Å². The van der Waals surface area contributed by atoms with Crippen LogP contribution in [0.2, 0.25) is 0 Å². The molecule has 8 aliphatic carbocycles. The minimum Gasteiger partial charge on any atom is -0.390 e. The molecule has 5 heteroatoms. The average molecular weight is 492 g/mol. The summed E-state index contributed by atoms with van der Waals surface area (Å²) in [5.74, 6) is 1.14. The van der Waals surface area contributed by atoms with Crippen LogP contribution >= 0.6 is 0 Å². The summed E-state index contributed by atoms with van der Waals surface area (Å²) in [4.78, 5) is 28.3. The first-order valence-electron chi connectivity index (χ1n) is 14.4. The molecular formula is C31H41NO4. The van der Waals surface area contributed by atoms with Gasteiger partial charge >= 0.3 is 0 Å². The van der Waals surface area contributed by atoms with Gasteiger partial charge in [0.2, 0.25) is 5.91 Å². The molecule has 5 unspecified atom stereocenters. The fraction of sp³-hybridized carbons (Fsp3) is 0.742. The van der Waals surface area contributed by atoms with Gasteiger partial charge in [0.15, 0.2) is 0 Å². The summed E-state index contributed by atoms with van der Waals surface area (Å²) in [5.41, 5.74) is -0.851. The second kappa shape index (κ2) is 7.89. The van der Waals surface area contributed by atoms with Gasteiger partial charge < -0.3 is 15.5 Å². The predicted molar refractivity (Wildman–Crippen MR) is 136 cm³/mol. The first-order valence-corrected chi connectivity index (χ1v) is 14.4. The quantitative estimate of drug-likeness (QED) is 0.489. The molecule has 8 bridgehead atoms. The maximum absolute atomic E-state index is 14.4. The van der Waals surface area contributed by atoms with Gasteiger partial charge in [-0.25, -0.2) is 0 Å². The Morgan fingerprint density at radius 3 is 1.92 bits per heavy atom. The molecule has 0 spiro atoms. The first kappa shape index (κ1) is 23.4. The Balaban J connectivity index is 1.18. The Labute approximate surface area is 214 Å². The highest BCUT2D eigenvalue weighted by molar-refractivity contribution is 6.02. The van der Waals surface area contributed by atoms with Gasteiger partial charge in [-0.2, -0.15) is 0 Å². The molecule has 9 rings (SSSR count). The number of benzene rings is 1. The molecular weight excluding hydrogens is 450 g/mol. The molecule has 0 radical (unpaired) electrons. The highest BCUT2D eigenvalue weighted by atomic mass is 16.3. The molecule has 8 fully saturated rings. The summed E-state index contributed by atoms with van der Waals surface area (Å²) in [6.45, 7) is 0.422. The van der Waals surface area contributed by atoms with Gasteiger partial charge in [-0.15, -0.1) is 0 Å². The van der Waals surface area contributed by atoms with Crippen LogP contribution in [0.3, 0.4) is 0 Å². The highest BCUT2D eigenvalue weighted by Gasteiger charge is 2.64. The van der Waals surface area contributed by atoms with Crippen LogP contribution in [0.1, 0.15) is 89.0 Å². The van der Waals surface area contributed by atoms with Crippen molar-refractivity contribution in [2.75, 3.05) is 0 Å². The van der Waals surface area contributed by atoms with Gasteiger partial charge in [-0.1, -0.05) is 30.3 Å². The minimum absolute atomic E-state index is 0.0802. The number of hydrogen-bond donors (Lipinski definition) is 3. The monoisotopic (exact) mass is 491 g/mol. The molecule has 5 atom stereocenters. The number of amides is 1. The van der Waals surface area contributed by atoms with Crippen molar-refractivity contribution in [2.24, 2.45) is 40.4 Å². The third kappa shape index (κ3) is 3.88. The van der Waals surface area contributed by atoms with Crippen LogP contribution in [-0.2, 0) is 16.1 Å². The molecule has 1 amide bonds. The van der Waals surface area contributed by atoms with E-state index in [1.54, 1.807) is 0 Å². The van der Waals surface area contributed by atoms with E-state index in [0.29, 0.717) is 43.1 Å². The average Bonchev–Trinajstić information content (AvgIpc) is 2.74. The van der Waals surface area contributed by atoms with Crippen molar-refractivity contribution in [2.45, 2.75) is 101 Å². The summed E-state index contributed by atoms with van der Waals surface area (Å²) in [5, 5.41) is 25.9. The Kier molecular flexibility index (Phi) is 5.13. The summed E-state index contributed by atoms with van der Waals surface area (Å²) < 4.78 is 0. The van der Waals surface area contributed by atoms with E-state index in [-0.39, 0.29) is 17.1 Å². The molecule has 0 saturated heterocycles. The standard InChI is InChI=1S/C31H41NO4/c33-25(16-28-8-21-6-22(9-28)13-30(35,12-21)18-28)26(27(34)32-17-20-4-2-1-3-5-20)29-10-23-7-24(11-29)15-31(36,14-23)19-29/h1-5,21-24,26,35-36H,6-19H2,(H,32,34). The van der Waals surface area contributed by atoms with Gasteiger partial charge in [0.05, 0.1) is 11.2 Å². The van der Waals surface area contributed by atoms with E-state index in [1.165, 1.54) is 6.42 Å². The van der Waals surface area contributed by atoms with Crippen LogP contribution < -0.4 is 5.32 Å². The van der Waals surface area contributed by atoms with Gasteiger partial charge in [-0.3, -0.25) is 9.59 Å². The number of Topliss-reactive ketones (excluding diaryl/α,β-unsaturated/α-hetero) is 1. The largest absolute Gasteiger partial charge is 0.390 e. The normalized spacial score (nSPS) is 46.6. The van der Waals surface area contributed by atoms with Crippen LogP contribution in [-0.4, -0.2) is 33.1 Å². The Bertz CT molecular complexity index is 1040. The third-order valence-electron chi connectivity index (χ3n) is 11.3. The zero-order valence-corrected chi connectivity index (χ0v) is 21.4. The molecule has 36 heavy (non-hydrogen) atoms. The van der Waals surface area contributed by atoms with Gasteiger partial charge in [0.25, 0.3) is 0 Å². The van der Waals surface area contributed by atoms with E-state index in [1.807, 2.05) is 30.3 Å². The lowest BCUT2D eigenvalue weighted by atomic mass is 9.43. The van der Waals surface area contributed by atoms with Crippen LogP contribution in [0, 0.1) is 40.4 Å². The lowest BCUT2D eigenvalue weighted by molar-refractivity contribution is -0.190. The summed E-state index contributed by atoms with van der Waals surface area (Å²) >= 11 is 0. The second-order valence-electron chi connectivity index (χ2n) is 14.5. The molecule has 3 N–H and O–H groups in total. The molecule has 5 nitrogen and oxygen atoms in total. The molecule has 0 aromatic heterocycles. The van der Waals surface area contributed by atoms with Crippen molar-refractivity contribution in [3.63, 3.8) is 0 Å². The van der Waals surface area contributed by atoms with E-state index < -0.39 is 22.5 Å². The maximum Gasteiger partial charge on any atom is 0.231 e. The van der Waals surface area contributed by atoms with E-state index in [4.69, 9.17) is 0 Å². The number of nitrogens with one attached hydrogen (secondary N) is 1. The summed E-state index contributed by atoms with van der Waals surface area (Å²) in [6.07, 6.45) is 11.3. The Morgan fingerprint density at radius 1 is 0.806 bits per heavy atom. The lowest BCUT2D eigenvalue weighted by Crippen LogP contribution is -2.62. The van der Waals surface area contributed by atoms with Crippen molar-refractivity contribution in [3.05, 3.63) is 35.9 Å². The smallest absolute Gasteiger partial charge is 0.231 e. The number of carbonyl (C=O) groups is 2. The minimum atomic E-state index is -0.710. The van der Waals surface area contributed by atoms with Crippen LogP contribution in [0.15, 0.2) is 30.3 Å². The van der Waals surface area contributed by atoms with E-state index in [0.717, 1.165) is 69.8 Å². The lowest BCUT2D eigenvalue weighted by Gasteiger charge is -2.62. The zero-order valence-electron chi connectivity index (χ0n) is 21.4. The number of aliphatic hydroxyl groups is 2. The van der Waals surface area contributed by atoms with Gasteiger partial charge in [0, 0.05) is 13.0 Å². The molecule has 8 aliphatic rings. The molecule has 1 aromatic rings. The molecule has 194 valence electrons.